The van der Waals surface area contributed by atoms with Crippen LogP contribution in [0.2, 0.25) is 0 Å². The lowest BCUT2D eigenvalue weighted by molar-refractivity contribution is -0.124. The van der Waals surface area contributed by atoms with Crippen molar-refractivity contribution in [2.24, 2.45) is 0 Å². The number of nitrogens with one attached hydrogen (secondary N) is 2. The maximum absolute atomic E-state index is 12.0. The Morgan fingerprint density at radius 1 is 1.39 bits per heavy atom. The van der Waals surface area contributed by atoms with Crippen LogP contribution < -0.4 is 10.6 Å². The minimum atomic E-state index is -0.624. The van der Waals surface area contributed by atoms with Crippen LogP contribution in [0.15, 0.2) is 29.2 Å². The number of anilines is 1. The van der Waals surface area contributed by atoms with E-state index in [1.807, 2.05) is 30.5 Å². The highest BCUT2D eigenvalue weighted by Gasteiger charge is 2.18. The molecule has 98 valence electrons. The molecule has 0 aliphatic rings. The Hall–Kier alpha value is -1.14. The lowest BCUT2D eigenvalue weighted by Crippen LogP contribution is -2.44. The zero-order valence-corrected chi connectivity index (χ0v) is 12.0. The predicted octanol–water partition coefficient (Wildman–Crippen LogP) is 1.78. The molecule has 0 radical (unpaired) electrons. The molecular formula is C12H16N2O2S2. The van der Waals surface area contributed by atoms with Crippen molar-refractivity contribution in [1.29, 1.82) is 0 Å². The van der Waals surface area contributed by atoms with Gasteiger partial charge in [0, 0.05) is 17.6 Å². The van der Waals surface area contributed by atoms with E-state index in [0.717, 1.165) is 10.6 Å². The van der Waals surface area contributed by atoms with Crippen molar-refractivity contribution in [3.63, 3.8) is 0 Å². The summed E-state index contributed by atoms with van der Waals surface area (Å²) in [5.74, 6) is -0.253. The SMILES string of the molecule is CSc1ccccc1NC(=O)C(CS)NC(C)=O. The molecule has 0 aromatic heterocycles. The fourth-order valence-corrected chi connectivity index (χ4v) is 2.22. The quantitative estimate of drug-likeness (QED) is 0.570. The maximum atomic E-state index is 12.0. The third-order valence-electron chi connectivity index (χ3n) is 2.24. The summed E-state index contributed by atoms with van der Waals surface area (Å²) in [6.07, 6.45) is 1.94. The second-order valence-electron chi connectivity index (χ2n) is 3.63. The molecule has 18 heavy (non-hydrogen) atoms. The predicted molar refractivity (Wildman–Crippen MR) is 78.3 cm³/mol. The first-order valence-electron chi connectivity index (χ1n) is 5.40. The van der Waals surface area contributed by atoms with E-state index in [1.54, 1.807) is 11.8 Å². The first kappa shape index (κ1) is 14.9. The van der Waals surface area contributed by atoms with Gasteiger partial charge in [0.05, 0.1) is 5.69 Å². The summed E-state index contributed by atoms with van der Waals surface area (Å²) >= 11 is 5.61. The number of amides is 2. The van der Waals surface area contributed by atoms with Gasteiger partial charge in [-0.05, 0) is 18.4 Å². The molecule has 2 amide bonds. The van der Waals surface area contributed by atoms with Crippen LogP contribution in [0.1, 0.15) is 6.92 Å². The summed E-state index contributed by atoms with van der Waals surface area (Å²) in [4.78, 5) is 23.9. The number of hydrogen-bond donors (Lipinski definition) is 3. The van der Waals surface area contributed by atoms with E-state index >= 15 is 0 Å². The maximum Gasteiger partial charge on any atom is 0.247 e. The molecule has 1 rings (SSSR count). The molecule has 1 unspecified atom stereocenters. The van der Waals surface area contributed by atoms with Crippen molar-refractivity contribution in [3.8, 4) is 0 Å². The van der Waals surface area contributed by atoms with Crippen molar-refractivity contribution in [2.45, 2.75) is 17.9 Å². The Morgan fingerprint density at radius 3 is 2.61 bits per heavy atom. The number of para-hydroxylation sites is 1. The van der Waals surface area contributed by atoms with Gasteiger partial charge in [0.1, 0.15) is 6.04 Å². The molecule has 0 fully saturated rings. The third-order valence-corrected chi connectivity index (χ3v) is 3.40. The van der Waals surface area contributed by atoms with E-state index in [-0.39, 0.29) is 17.6 Å². The van der Waals surface area contributed by atoms with Gasteiger partial charge in [-0.15, -0.1) is 11.8 Å². The molecule has 4 nitrogen and oxygen atoms in total. The van der Waals surface area contributed by atoms with Crippen LogP contribution in [-0.4, -0.2) is 29.9 Å². The first-order valence-corrected chi connectivity index (χ1v) is 7.26. The Kier molecular flexibility index (Phi) is 6.07. The standard InChI is InChI=1S/C12H16N2O2S2/c1-8(15)13-10(7-17)12(16)14-9-5-3-4-6-11(9)18-2/h3-6,10,17H,7H2,1-2H3,(H,13,15)(H,14,16). The van der Waals surface area contributed by atoms with Crippen molar-refractivity contribution in [3.05, 3.63) is 24.3 Å². The van der Waals surface area contributed by atoms with Crippen molar-refractivity contribution in [1.82, 2.24) is 5.32 Å². The van der Waals surface area contributed by atoms with E-state index in [0.29, 0.717) is 0 Å². The Labute approximate surface area is 116 Å². The molecule has 1 aromatic rings. The van der Waals surface area contributed by atoms with Gasteiger partial charge in [-0.2, -0.15) is 12.6 Å². The highest BCUT2D eigenvalue weighted by molar-refractivity contribution is 7.98. The van der Waals surface area contributed by atoms with E-state index in [1.165, 1.54) is 6.92 Å². The van der Waals surface area contributed by atoms with Gasteiger partial charge in [0.2, 0.25) is 11.8 Å². The van der Waals surface area contributed by atoms with Gasteiger partial charge in [-0.1, -0.05) is 12.1 Å². The number of carbonyl (C=O) groups is 2. The lowest BCUT2D eigenvalue weighted by atomic mass is 10.2. The Bertz CT molecular complexity index is 438. The summed E-state index contributed by atoms with van der Waals surface area (Å²) in [6.45, 7) is 1.37. The highest BCUT2D eigenvalue weighted by Crippen LogP contribution is 2.24. The first-order chi connectivity index (χ1) is 8.58. The fourth-order valence-electron chi connectivity index (χ4n) is 1.41. The lowest BCUT2D eigenvalue weighted by Gasteiger charge is -2.16. The number of thioether (sulfide) groups is 1. The highest BCUT2D eigenvalue weighted by atomic mass is 32.2. The zero-order valence-electron chi connectivity index (χ0n) is 10.3. The summed E-state index contributed by atoms with van der Waals surface area (Å²) in [6, 6.07) is 6.89. The summed E-state index contributed by atoms with van der Waals surface area (Å²) in [7, 11) is 0. The molecule has 6 heteroatoms. The molecule has 0 spiro atoms. The van der Waals surface area contributed by atoms with E-state index in [4.69, 9.17) is 0 Å². The van der Waals surface area contributed by atoms with Gasteiger partial charge in [-0.25, -0.2) is 0 Å². The van der Waals surface area contributed by atoms with Crippen LogP contribution >= 0.6 is 24.4 Å². The Balaban J connectivity index is 2.76. The van der Waals surface area contributed by atoms with Crippen molar-refractivity contribution >= 4 is 41.9 Å². The average molecular weight is 284 g/mol. The van der Waals surface area contributed by atoms with Crippen LogP contribution in [0.5, 0.6) is 0 Å². The molecule has 1 aromatic carbocycles. The monoisotopic (exact) mass is 284 g/mol. The molecule has 1 atom stereocenters. The van der Waals surface area contributed by atoms with Crippen LogP contribution in [0.3, 0.4) is 0 Å². The second-order valence-corrected chi connectivity index (χ2v) is 4.84. The molecule has 0 saturated carbocycles. The van der Waals surface area contributed by atoms with Gasteiger partial charge >= 0.3 is 0 Å². The van der Waals surface area contributed by atoms with Crippen molar-refractivity contribution < 1.29 is 9.59 Å². The Morgan fingerprint density at radius 2 is 2.06 bits per heavy atom. The molecule has 0 saturated heterocycles. The topological polar surface area (TPSA) is 58.2 Å². The molecular weight excluding hydrogens is 268 g/mol. The van der Waals surface area contributed by atoms with Gasteiger partial charge in [0.15, 0.2) is 0 Å². The normalized spacial score (nSPS) is 11.7. The third kappa shape index (κ3) is 4.27. The van der Waals surface area contributed by atoms with E-state index in [9.17, 15) is 9.59 Å². The second kappa shape index (κ2) is 7.33. The van der Waals surface area contributed by atoms with Gasteiger partial charge in [0.25, 0.3) is 0 Å². The van der Waals surface area contributed by atoms with E-state index < -0.39 is 6.04 Å². The number of carbonyl (C=O) groups excluding carboxylic acids is 2. The van der Waals surface area contributed by atoms with Crippen LogP contribution in [0.4, 0.5) is 5.69 Å². The fraction of sp³-hybridized carbons (Fsp3) is 0.333. The number of rotatable bonds is 5. The minimum absolute atomic E-state index is 0.248. The van der Waals surface area contributed by atoms with Gasteiger partial charge in [-0.3, -0.25) is 9.59 Å². The molecule has 2 N–H and O–H groups in total. The summed E-state index contributed by atoms with van der Waals surface area (Å²) in [5.41, 5.74) is 0.743. The summed E-state index contributed by atoms with van der Waals surface area (Å²) < 4.78 is 0. The minimum Gasteiger partial charge on any atom is -0.344 e. The smallest absolute Gasteiger partial charge is 0.247 e. The number of hydrogen-bond acceptors (Lipinski definition) is 4. The zero-order chi connectivity index (χ0) is 13.5. The van der Waals surface area contributed by atoms with Crippen LogP contribution in [-0.2, 0) is 9.59 Å². The number of thiol groups is 1. The van der Waals surface area contributed by atoms with Crippen LogP contribution in [0, 0.1) is 0 Å². The molecule has 0 aliphatic carbocycles. The average Bonchev–Trinajstić information content (AvgIpc) is 2.36. The molecule has 0 bridgehead atoms. The van der Waals surface area contributed by atoms with Crippen LogP contribution in [0.25, 0.3) is 0 Å². The largest absolute Gasteiger partial charge is 0.344 e. The van der Waals surface area contributed by atoms with Gasteiger partial charge < -0.3 is 10.6 Å². The molecule has 0 heterocycles. The van der Waals surface area contributed by atoms with Crippen molar-refractivity contribution in [2.75, 3.05) is 17.3 Å². The van der Waals surface area contributed by atoms with E-state index in [2.05, 4.69) is 23.3 Å². The summed E-state index contributed by atoms with van der Waals surface area (Å²) in [5, 5.41) is 5.35. The molecule has 0 aliphatic heterocycles. The number of benzene rings is 1.